The first-order valence-electron chi connectivity index (χ1n) is 6.79. The quantitative estimate of drug-likeness (QED) is 0.736. The van der Waals surface area contributed by atoms with E-state index >= 15 is 0 Å². The number of hydrogen-bond donors (Lipinski definition) is 3. The Labute approximate surface area is 121 Å². The van der Waals surface area contributed by atoms with E-state index in [4.69, 9.17) is 4.52 Å². The summed E-state index contributed by atoms with van der Waals surface area (Å²) in [4.78, 5) is 16.1. The van der Waals surface area contributed by atoms with Crippen LogP contribution in [-0.4, -0.2) is 39.8 Å². The van der Waals surface area contributed by atoms with Gasteiger partial charge >= 0.3 is 0 Å². The van der Waals surface area contributed by atoms with Gasteiger partial charge in [-0.05, 0) is 18.6 Å². The minimum Gasteiger partial charge on any atom is -0.392 e. The van der Waals surface area contributed by atoms with Crippen LogP contribution in [0.2, 0.25) is 0 Å². The Kier molecular flexibility index (Phi) is 3.94. The summed E-state index contributed by atoms with van der Waals surface area (Å²) in [5.74, 6) is 0.674. The number of β-amino-alcohol motifs (C(OH)–C–C–N with tert-alkyl or cyclic N) is 1. The van der Waals surface area contributed by atoms with Crippen molar-refractivity contribution in [2.24, 2.45) is 0 Å². The number of nitrogens with one attached hydrogen (secondary N) is 2. The Morgan fingerprint density at radius 2 is 2.24 bits per heavy atom. The van der Waals surface area contributed by atoms with Crippen molar-refractivity contribution in [1.82, 2.24) is 20.8 Å². The highest BCUT2D eigenvalue weighted by molar-refractivity contribution is 5.82. The van der Waals surface area contributed by atoms with Gasteiger partial charge in [0.1, 0.15) is 0 Å². The smallest absolute Gasteiger partial charge is 0.257 e. The molecule has 1 aromatic heterocycles. The molecule has 1 aliphatic rings. The topological polar surface area (TPSA) is 100 Å². The summed E-state index contributed by atoms with van der Waals surface area (Å²) >= 11 is 0. The summed E-state index contributed by atoms with van der Waals surface area (Å²) < 4.78 is 5.16. The van der Waals surface area contributed by atoms with Crippen LogP contribution in [0.15, 0.2) is 34.9 Å². The van der Waals surface area contributed by atoms with Crippen LogP contribution in [-0.2, 0) is 11.3 Å². The van der Waals surface area contributed by atoms with Crippen LogP contribution in [0, 0.1) is 0 Å². The second kappa shape index (κ2) is 6.02. The molecule has 0 spiro atoms. The molecule has 1 aromatic carbocycles. The molecular weight excluding hydrogens is 272 g/mol. The Morgan fingerprint density at radius 3 is 2.95 bits per heavy atom. The maximum atomic E-state index is 11.9. The van der Waals surface area contributed by atoms with Gasteiger partial charge in [-0.3, -0.25) is 4.79 Å². The van der Waals surface area contributed by atoms with Crippen LogP contribution in [0.1, 0.15) is 12.2 Å². The lowest BCUT2D eigenvalue weighted by Crippen LogP contribution is -2.40. The second-order valence-corrected chi connectivity index (χ2v) is 4.95. The highest BCUT2D eigenvalue weighted by atomic mass is 16.5. The van der Waals surface area contributed by atoms with Crippen molar-refractivity contribution < 1.29 is 14.4 Å². The van der Waals surface area contributed by atoms with Gasteiger partial charge < -0.3 is 20.3 Å². The number of aromatic nitrogens is 2. The molecule has 110 valence electrons. The Morgan fingerprint density at radius 1 is 1.43 bits per heavy atom. The number of amides is 1. The van der Waals surface area contributed by atoms with Gasteiger partial charge in [0, 0.05) is 12.1 Å². The first-order valence-corrected chi connectivity index (χ1v) is 6.79. The molecule has 0 saturated carbocycles. The maximum Gasteiger partial charge on any atom is 0.257 e. The van der Waals surface area contributed by atoms with Crippen molar-refractivity contribution in [1.29, 1.82) is 0 Å². The van der Waals surface area contributed by atoms with Crippen molar-refractivity contribution in [3.8, 4) is 11.5 Å². The van der Waals surface area contributed by atoms with Crippen LogP contribution in [0.25, 0.3) is 11.5 Å². The number of nitrogens with zero attached hydrogens (tertiary/aromatic N) is 2. The minimum absolute atomic E-state index is 0.169. The second-order valence-electron chi connectivity index (χ2n) is 4.95. The van der Waals surface area contributed by atoms with Crippen molar-refractivity contribution in [3.63, 3.8) is 0 Å². The minimum atomic E-state index is -0.462. The number of hydrogen-bond acceptors (Lipinski definition) is 6. The molecule has 0 radical (unpaired) electrons. The van der Waals surface area contributed by atoms with Gasteiger partial charge in [0.15, 0.2) is 5.82 Å². The summed E-state index contributed by atoms with van der Waals surface area (Å²) in [6, 6.07) is 9.07. The highest BCUT2D eigenvalue weighted by Crippen LogP contribution is 2.16. The molecule has 1 fully saturated rings. The van der Waals surface area contributed by atoms with Gasteiger partial charge in [-0.1, -0.05) is 23.4 Å². The number of aliphatic hydroxyl groups is 1. The third kappa shape index (κ3) is 3.26. The molecule has 2 atom stereocenters. The summed E-state index contributed by atoms with van der Waals surface area (Å²) in [5.41, 5.74) is 0.836. The maximum absolute atomic E-state index is 11.9. The fraction of sp³-hybridized carbons (Fsp3) is 0.357. The monoisotopic (exact) mass is 288 g/mol. The molecule has 7 nitrogen and oxygen atoms in total. The summed E-state index contributed by atoms with van der Waals surface area (Å²) in [7, 11) is 0. The van der Waals surface area contributed by atoms with Gasteiger partial charge in [0.05, 0.1) is 18.7 Å². The van der Waals surface area contributed by atoms with Crippen LogP contribution in [0.4, 0.5) is 0 Å². The molecular formula is C14H16N4O3. The number of benzene rings is 1. The Bertz CT molecular complexity index is 614. The normalized spacial score (nSPS) is 21.4. The van der Waals surface area contributed by atoms with Gasteiger partial charge in [-0.15, -0.1) is 0 Å². The third-order valence-corrected chi connectivity index (χ3v) is 3.33. The molecule has 2 heterocycles. The van der Waals surface area contributed by atoms with E-state index in [1.807, 2.05) is 30.3 Å². The van der Waals surface area contributed by atoms with Gasteiger partial charge in [-0.2, -0.15) is 4.98 Å². The SMILES string of the molecule is O=C(NCc1noc(-c2ccccc2)n1)[C@@H]1C[C@@H](O)CN1. The lowest BCUT2D eigenvalue weighted by atomic mass is 10.2. The van der Waals surface area contributed by atoms with Gasteiger partial charge in [0.2, 0.25) is 5.91 Å². The van der Waals surface area contributed by atoms with Crippen molar-refractivity contribution in [2.75, 3.05) is 6.54 Å². The van der Waals surface area contributed by atoms with Gasteiger partial charge in [-0.25, -0.2) is 0 Å². The van der Waals surface area contributed by atoms with E-state index in [0.29, 0.717) is 24.7 Å². The molecule has 3 N–H and O–H groups in total. The van der Waals surface area contributed by atoms with Crippen molar-refractivity contribution in [3.05, 3.63) is 36.2 Å². The average Bonchev–Trinajstić information content (AvgIpc) is 3.15. The zero-order valence-corrected chi connectivity index (χ0v) is 11.3. The molecule has 0 bridgehead atoms. The standard InChI is InChI=1S/C14H16N4O3/c19-10-6-11(15-7-10)13(20)16-8-12-17-14(21-18-12)9-4-2-1-3-5-9/h1-5,10-11,15,19H,6-8H2,(H,16,20)/t10-,11+/m1/s1. The van der Waals surface area contributed by atoms with Crippen molar-refractivity contribution >= 4 is 5.91 Å². The molecule has 21 heavy (non-hydrogen) atoms. The van der Waals surface area contributed by atoms with Crippen LogP contribution in [0.5, 0.6) is 0 Å². The molecule has 0 aliphatic carbocycles. The molecule has 3 rings (SSSR count). The number of carbonyl (C=O) groups excluding carboxylic acids is 1. The van der Waals surface area contributed by atoms with E-state index in [1.54, 1.807) is 0 Å². The molecule has 1 amide bonds. The summed E-state index contributed by atoms with van der Waals surface area (Å²) in [5, 5.41) is 18.9. The lowest BCUT2D eigenvalue weighted by Gasteiger charge is -2.08. The average molecular weight is 288 g/mol. The molecule has 0 unspecified atom stereocenters. The fourth-order valence-electron chi connectivity index (χ4n) is 2.23. The van der Waals surface area contributed by atoms with Crippen LogP contribution >= 0.6 is 0 Å². The number of carbonyl (C=O) groups is 1. The predicted octanol–water partition coefficient (Wildman–Crippen LogP) is 0.0756. The molecule has 1 aliphatic heterocycles. The van der Waals surface area contributed by atoms with Crippen LogP contribution < -0.4 is 10.6 Å². The lowest BCUT2D eigenvalue weighted by molar-refractivity contribution is -0.123. The Hall–Kier alpha value is -2.25. The van der Waals surface area contributed by atoms with Gasteiger partial charge in [0.25, 0.3) is 5.89 Å². The largest absolute Gasteiger partial charge is 0.392 e. The molecule has 1 saturated heterocycles. The van der Waals surface area contributed by atoms with E-state index < -0.39 is 6.10 Å². The molecule has 7 heteroatoms. The zero-order valence-electron chi connectivity index (χ0n) is 11.3. The van der Waals surface area contributed by atoms with Crippen molar-refractivity contribution in [2.45, 2.75) is 25.1 Å². The van der Waals surface area contributed by atoms with E-state index in [1.165, 1.54) is 0 Å². The predicted molar refractivity (Wildman–Crippen MR) is 74.0 cm³/mol. The Balaban J connectivity index is 1.57. The first kappa shape index (κ1) is 13.7. The fourth-order valence-corrected chi connectivity index (χ4v) is 2.23. The third-order valence-electron chi connectivity index (χ3n) is 3.33. The van der Waals surface area contributed by atoms with E-state index in [2.05, 4.69) is 20.8 Å². The van der Waals surface area contributed by atoms with E-state index in [-0.39, 0.29) is 18.5 Å². The zero-order chi connectivity index (χ0) is 14.7. The number of aliphatic hydroxyl groups excluding tert-OH is 1. The first-order chi connectivity index (χ1) is 10.2. The van der Waals surface area contributed by atoms with E-state index in [9.17, 15) is 9.90 Å². The number of rotatable bonds is 4. The van der Waals surface area contributed by atoms with E-state index in [0.717, 1.165) is 5.56 Å². The summed E-state index contributed by atoms with van der Waals surface area (Å²) in [6.07, 6.45) is -0.0384. The molecule has 2 aromatic rings. The summed E-state index contributed by atoms with van der Waals surface area (Å²) in [6.45, 7) is 0.641. The highest BCUT2D eigenvalue weighted by Gasteiger charge is 2.27. The van der Waals surface area contributed by atoms with Crippen LogP contribution in [0.3, 0.4) is 0 Å².